The number of hydrogen-bond acceptors (Lipinski definition) is 11. The van der Waals surface area contributed by atoms with Gasteiger partial charge in [0.15, 0.2) is 0 Å². The van der Waals surface area contributed by atoms with Crippen LogP contribution in [0.3, 0.4) is 0 Å². The number of aliphatic hydroxyl groups is 1. The van der Waals surface area contributed by atoms with E-state index in [2.05, 4.69) is 46.9 Å². The third kappa shape index (κ3) is 17.8. The maximum Gasteiger partial charge on any atom is 0.245 e. The number of rotatable bonds is 28. The van der Waals surface area contributed by atoms with E-state index in [1.807, 2.05) is 63.2 Å². The fourth-order valence-electron chi connectivity index (χ4n) is 8.83. The van der Waals surface area contributed by atoms with Crippen LogP contribution in [0.15, 0.2) is 73.3 Å². The first-order chi connectivity index (χ1) is 34.9. The second kappa shape index (κ2) is 28.2. The molecule has 1 aliphatic heterocycles. The highest BCUT2D eigenvalue weighted by Crippen LogP contribution is 2.20. The molecule has 5 rings (SSSR count). The predicted molar refractivity (Wildman–Crippen MR) is 274 cm³/mol. The molecule has 13 N–H and O–H groups in total. The van der Waals surface area contributed by atoms with E-state index in [1.54, 1.807) is 24.5 Å². The van der Waals surface area contributed by atoms with Crippen LogP contribution < -0.4 is 43.4 Å². The zero-order chi connectivity index (χ0) is 53.0. The molecule has 0 spiro atoms. The van der Waals surface area contributed by atoms with Gasteiger partial charge in [-0.3, -0.25) is 38.4 Å². The maximum atomic E-state index is 14.2. The number of nitrogens with two attached hydrogens (primary N) is 2. The van der Waals surface area contributed by atoms with E-state index in [-0.39, 0.29) is 51.0 Å². The zero-order valence-corrected chi connectivity index (χ0v) is 42.3. The molecule has 1 unspecified atom stereocenters. The lowest BCUT2D eigenvalue weighted by molar-refractivity contribution is -0.140. The summed E-state index contributed by atoms with van der Waals surface area (Å²) >= 11 is 0. The highest BCUT2D eigenvalue weighted by molar-refractivity contribution is 5.97. The SMILES string of the molecule is CCCCC(O)[C@@H](CC(C)C)NC(=O)[C@H](Cc1cnc[nH]1)NC(=O)CN1CCCC[C@H](NC(=O)[C@H](C)NC(=O)[C@H](Cc2c[nH]c3ccccc23)NC(=O)[C@H](CCC(N)=O)NC(=O)[C@H](N)Cc2ccccc2)C1=O. The number of imidazole rings is 1. The molecule has 21 nitrogen and oxygen atoms in total. The van der Waals surface area contributed by atoms with Gasteiger partial charge in [-0.05, 0) is 75.0 Å². The maximum absolute atomic E-state index is 14.2. The molecule has 2 aromatic carbocycles. The number of fused-ring (bicyclic) bond motifs is 1. The number of unbranched alkanes of at least 4 members (excludes halogenated alkanes) is 1. The van der Waals surface area contributed by atoms with Crippen LogP contribution in [0.25, 0.3) is 10.9 Å². The monoisotopic (exact) mass is 1010 g/mol. The molecule has 2 aromatic heterocycles. The van der Waals surface area contributed by atoms with Crippen molar-refractivity contribution < 1.29 is 43.5 Å². The summed E-state index contributed by atoms with van der Waals surface area (Å²) in [4.78, 5) is 120. The molecule has 3 heterocycles. The average molecular weight is 1010 g/mol. The van der Waals surface area contributed by atoms with Gasteiger partial charge in [-0.25, -0.2) is 4.98 Å². The van der Waals surface area contributed by atoms with Gasteiger partial charge < -0.3 is 63.3 Å². The number of hydrogen-bond donors (Lipinski definition) is 11. The first-order valence-corrected chi connectivity index (χ1v) is 25.3. The number of primary amides is 1. The van der Waals surface area contributed by atoms with Gasteiger partial charge in [-0.15, -0.1) is 0 Å². The van der Waals surface area contributed by atoms with Crippen LogP contribution in [0.5, 0.6) is 0 Å². The molecular formula is C52H74N12O9. The van der Waals surface area contributed by atoms with E-state index in [0.29, 0.717) is 36.9 Å². The number of amides is 8. The number of benzene rings is 2. The van der Waals surface area contributed by atoms with Crippen molar-refractivity contribution in [1.82, 2.24) is 51.8 Å². The smallest absolute Gasteiger partial charge is 0.245 e. The summed E-state index contributed by atoms with van der Waals surface area (Å²) in [5, 5.41) is 28.3. The number of carbonyl (C=O) groups is 8. The van der Waals surface area contributed by atoms with Crippen LogP contribution in [0.2, 0.25) is 0 Å². The van der Waals surface area contributed by atoms with Crippen molar-refractivity contribution in [3.05, 3.63) is 90.1 Å². The quantitative estimate of drug-likeness (QED) is 0.0382. The van der Waals surface area contributed by atoms with Crippen molar-refractivity contribution in [2.45, 2.75) is 153 Å². The molecule has 396 valence electrons. The van der Waals surface area contributed by atoms with Gasteiger partial charge in [0.05, 0.1) is 31.1 Å². The Labute approximate surface area is 425 Å². The lowest BCUT2D eigenvalue weighted by atomic mass is 9.95. The van der Waals surface area contributed by atoms with Crippen molar-refractivity contribution in [3.8, 4) is 0 Å². The molecule has 1 saturated heterocycles. The molecule has 4 aromatic rings. The molecule has 1 aliphatic rings. The first kappa shape index (κ1) is 56.8. The van der Waals surface area contributed by atoms with Crippen LogP contribution >= 0.6 is 0 Å². The Morgan fingerprint density at radius 1 is 0.795 bits per heavy atom. The summed E-state index contributed by atoms with van der Waals surface area (Å²) in [6.45, 7) is 7.23. The number of carbonyl (C=O) groups excluding carboxylic acids is 8. The number of H-pyrrole nitrogens is 2. The van der Waals surface area contributed by atoms with E-state index in [1.165, 1.54) is 18.2 Å². The molecule has 8 amide bonds. The van der Waals surface area contributed by atoms with Crippen LogP contribution in [-0.4, -0.2) is 134 Å². The standard InChI is InChI=1S/C52H74N12O9/c1-5-6-19-44(65)41(23-31(2)3)62-51(72)43(26-35-28-55-30-57-35)59-46(67)29-64-22-13-12-18-40(52(64)73)61-47(68)32(4)58-50(71)42(25-34-27-56-38-17-11-10-16-36(34)38)63-49(70)39(20-21-45(54)66)60-48(69)37(53)24-33-14-8-7-9-15-33/h7-11,14-17,27-28,30-32,37,39-44,56,65H,5-6,12-13,18-26,29,53H2,1-4H3,(H2,54,66)(H,55,57)(H,58,71)(H,59,67)(H,60,69)(H,61,68)(H,62,72)(H,63,70)/t32-,37+,39-,40-,41+,42-,43-,44?/m0/s1. The lowest BCUT2D eigenvalue weighted by Crippen LogP contribution is -2.59. The van der Waals surface area contributed by atoms with Crippen molar-refractivity contribution in [3.63, 3.8) is 0 Å². The molecule has 0 saturated carbocycles. The van der Waals surface area contributed by atoms with Gasteiger partial charge in [-0.2, -0.15) is 0 Å². The first-order valence-electron chi connectivity index (χ1n) is 25.3. The van der Waals surface area contributed by atoms with Crippen LogP contribution in [0.1, 0.15) is 102 Å². The van der Waals surface area contributed by atoms with Gasteiger partial charge in [0, 0.05) is 54.8 Å². The number of para-hydroxylation sites is 1. The summed E-state index contributed by atoms with van der Waals surface area (Å²) in [5.74, 6) is -5.10. The predicted octanol–water partition coefficient (Wildman–Crippen LogP) is 1.05. The Balaban J connectivity index is 1.26. The largest absolute Gasteiger partial charge is 0.391 e. The fourth-order valence-corrected chi connectivity index (χ4v) is 8.83. The van der Waals surface area contributed by atoms with E-state index in [9.17, 15) is 43.5 Å². The van der Waals surface area contributed by atoms with Gasteiger partial charge in [0.1, 0.15) is 30.2 Å². The Kier molecular flexibility index (Phi) is 21.9. The number of aromatic nitrogens is 3. The number of aliphatic hydroxyl groups excluding tert-OH is 1. The molecule has 0 radical (unpaired) electrons. The van der Waals surface area contributed by atoms with Gasteiger partial charge >= 0.3 is 0 Å². The van der Waals surface area contributed by atoms with Crippen molar-refractivity contribution in [1.29, 1.82) is 0 Å². The summed E-state index contributed by atoms with van der Waals surface area (Å²) in [7, 11) is 0. The Hall–Kier alpha value is -7.13. The van der Waals surface area contributed by atoms with E-state index in [0.717, 1.165) is 29.3 Å². The van der Waals surface area contributed by atoms with Gasteiger partial charge in [-0.1, -0.05) is 82.1 Å². The molecule has 0 aliphatic carbocycles. The van der Waals surface area contributed by atoms with Crippen LogP contribution in [-0.2, 0) is 57.6 Å². The highest BCUT2D eigenvalue weighted by Gasteiger charge is 2.35. The molecule has 0 bridgehead atoms. The highest BCUT2D eigenvalue weighted by atomic mass is 16.3. The van der Waals surface area contributed by atoms with Crippen molar-refractivity contribution >= 4 is 58.2 Å². The number of nitrogens with zero attached hydrogens (tertiary/aromatic N) is 2. The lowest BCUT2D eigenvalue weighted by Gasteiger charge is -2.29. The minimum Gasteiger partial charge on any atom is -0.391 e. The zero-order valence-electron chi connectivity index (χ0n) is 42.3. The second-order valence-electron chi connectivity index (χ2n) is 19.4. The van der Waals surface area contributed by atoms with Crippen LogP contribution in [0, 0.1) is 5.92 Å². The Bertz CT molecular complexity index is 2460. The van der Waals surface area contributed by atoms with Crippen molar-refractivity contribution in [2.24, 2.45) is 17.4 Å². The molecule has 8 atom stereocenters. The van der Waals surface area contributed by atoms with E-state index >= 15 is 0 Å². The summed E-state index contributed by atoms with van der Waals surface area (Å²) in [6, 6.07) is 8.81. The Morgan fingerprint density at radius 3 is 2.18 bits per heavy atom. The molecule has 1 fully saturated rings. The number of likely N-dealkylation sites (tertiary alicyclic amines) is 1. The molecular weight excluding hydrogens is 937 g/mol. The summed E-state index contributed by atoms with van der Waals surface area (Å²) in [6.07, 6.45) is 7.63. The normalized spacial score (nSPS) is 16.7. The van der Waals surface area contributed by atoms with E-state index < -0.39 is 102 Å². The van der Waals surface area contributed by atoms with E-state index in [4.69, 9.17) is 11.5 Å². The summed E-state index contributed by atoms with van der Waals surface area (Å²) < 4.78 is 0. The summed E-state index contributed by atoms with van der Waals surface area (Å²) in [5.41, 5.74) is 14.5. The minimum absolute atomic E-state index is 0.0537. The van der Waals surface area contributed by atoms with Crippen LogP contribution in [0.4, 0.5) is 0 Å². The van der Waals surface area contributed by atoms with Crippen molar-refractivity contribution in [2.75, 3.05) is 13.1 Å². The van der Waals surface area contributed by atoms with Gasteiger partial charge in [0.25, 0.3) is 0 Å². The van der Waals surface area contributed by atoms with Gasteiger partial charge in [0.2, 0.25) is 47.3 Å². The number of aromatic amines is 2. The third-order valence-corrected chi connectivity index (χ3v) is 12.9. The second-order valence-corrected chi connectivity index (χ2v) is 19.4. The molecule has 73 heavy (non-hydrogen) atoms. The average Bonchev–Trinajstić information content (AvgIpc) is 4.00. The minimum atomic E-state index is -1.32. The third-order valence-electron chi connectivity index (χ3n) is 12.9. The fraction of sp³-hybridized carbons (Fsp3) is 0.519. The molecule has 21 heteroatoms. The topological polar surface area (TPSA) is 329 Å². The number of nitrogens with one attached hydrogen (secondary N) is 8. The Morgan fingerprint density at radius 2 is 1.48 bits per heavy atom.